The van der Waals surface area contributed by atoms with E-state index in [1.165, 1.54) is 6.42 Å². The van der Waals surface area contributed by atoms with Gasteiger partial charge in [0.05, 0.1) is 11.7 Å². The summed E-state index contributed by atoms with van der Waals surface area (Å²) < 4.78 is 5.13. The number of benzene rings is 1. The van der Waals surface area contributed by atoms with Crippen molar-refractivity contribution >= 4 is 18.3 Å². The molecule has 23 heavy (non-hydrogen) atoms. The minimum atomic E-state index is -0.582. The van der Waals surface area contributed by atoms with Crippen LogP contribution >= 0.6 is 0 Å². The smallest absolute Gasteiger partial charge is 0.414 e. The second-order valence-corrected chi connectivity index (χ2v) is 5.35. The minimum absolute atomic E-state index is 0.204. The van der Waals surface area contributed by atoms with Crippen LogP contribution in [0.3, 0.4) is 0 Å². The van der Waals surface area contributed by atoms with Crippen molar-refractivity contribution in [2.45, 2.75) is 31.9 Å². The summed E-state index contributed by atoms with van der Waals surface area (Å²) in [6.45, 7) is 0.204. The molecule has 0 spiro atoms. The van der Waals surface area contributed by atoms with Crippen molar-refractivity contribution in [3.63, 3.8) is 0 Å². The van der Waals surface area contributed by atoms with Gasteiger partial charge in [-0.3, -0.25) is 10.3 Å². The normalized spacial score (nSPS) is 14.4. The molecule has 1 N–H and O–H groups in total. The average Bonchev–Trinajstić information content (AvgIpc) is 2.53. The zero-order chi connectivity index (χ0) is 15.9. The SMILES string of the molecule is O=C(Nc1nccc(C=NC2CCC2)n1)OCc1ccccc1. The third-order valence-corrected chi connectivity index (χ3v) is 3.60. The van der Waals surface area contributed by atoms with Crippen LogP contribution in [0.5, 0.6) is 0 Å². The van der Waals surface area contributed by atoms with E-state index in [1.807, 2.05) is 30.3 Å². The van der Waals surface area contributed by atoms with Crippen molar-refractivity contribution in [3.8, 4) is 0 Å². The van der Waals surface area contributed by atoms with Gasteiger partial charge in [-0.15, -0.1) is 0 Å². The summed E-state index contributed by atoms with van der Waals surface area (Å²) in [5.41, 5.74) is 1.59. The van der Waals surface area contributed by atoms with Gasteiger partial charge in [0, 0.05) is 12.4 Å². The van der Waals surface area contributed by atoms with E-state index < -0.39 is 6.09 Å². The Balaban J connectivity index is 1.52. The Morgan fingerprint density at radius 2 is 2.13 bits per heavy atom. The molecule has 1 aromatic heterocycles. The lowest BCUT2D eigenvalue weighted by Gasteiger charge is -2.20. The number of hydrogen-bond acceptors (Lipinski definition) is 5. The van der Waals surface area contributed by atoms with Crippen LogP contribution in [0.15, 0.2) is 47.6 Å². The minimum Gasteiger partial charge on any atom is -0.444 e. The molecule has 1 amide bonds. The van der Waals surface area contributed by atoms with Gasteiger partial charge in [0.2, 0.25) is 5.95 Å². The molecular weight excluding hydrogens is 292 g/mol. The highest BCUT2D eigenvalue weighted by atomic mass is 16.5. The van der Waals surface area contributed by atoms with E-state index in [-0.39, 0.29) is 12.6 Å². The summed E-state index contributed by atoms with van der Waals surface area (Å²) in [4.78, 5) is 24.4. The molecule has 1 heterocycles. The van der Waals surface area contributed by atoms with Gasteiger partial charge < -0.3 is 4.74 Å². The molecule has 6 nitrogen and oxygen atoms in total. The van der Waals surface area contributed by atoms with Gasteiger partial charge in [0.25, 0.3) is 0 Å². The number of ether oxygens (including phenoxy) is 1. The highest BCUT2D eigenvalue weighted by molar-refractivity contribution is 5.83. The van der Waals surface area contributed by atoms with Crippen LogP contribution in [-0.4, -0.2) is 28.3 Å². The number of amides is 1. The lowest BCUT2D eigenvalue weighted by molar-refractivity contribution is 0.155. The maximum absolute atomic E-state index is 11.8. The molecule has 0 saturated heterocycles. The predicted molar refractivity (Wildman–Crippen MR) is 87.5 cm³/mol. The third kappa shape index (κ3) is 4.60. The Kier molecular flexibility index (Phi) is 4.93. The van der Waals surface area contributed by atoms with E-state index in [2.05, 4.69) is 20.3 Å². The van der Waals surface area contributed by atoms with Crippen molar-refractivity contribution in [2.75, 3.05) is 5.32 Å². The number of anilines is 1. The fourth-order valence-electron chi connectivity index (χ4n) is 2.07. The molecule has 1 aromatic carbocycles. The summed E-state index contributed by atoms with van der Waals surface area (Å²) in [6.07, 6.45) is 6.25. The van der Waals surface area contributed by atoms with E-state index in [0.717, 1.165) is 18.4 Å². The van der Waals surface area contributed by atoms with Crippen molar-refractivity contribution in [1.82, 2.24) is 9.97 Å². The fraction of sp³-hybridized carbons (Fsp3) is 0.294. The number of nitrogens with one attached hydrogen (secondary N) is 1. The first kappa shape index (κ1) is 15.1. The van der Waals surface area contributed by atoms with E-state index in [1.54, 1.807) is 18.5 Å². The number of hydrogen-bond donors (Lipinski definition) is 1. The second kappa shape index (κ2) is 7.49. The summed E-state index contributed by atoms with van der Waals surface area (Å²) >= 11 is 0. The van der Waals surface area contributed by atoms with Crippen molar-refractivity contribution in [1.29, 1.82) is 0 Å². The van der Waals surface area contributed by atoms with Gasteiger partial charge in [-0.25, -0.2) is 14.8 Å². The quantitative estimate of drug-likeness (QED) is 0.860. The van der Waals surface area contributed by atoms with Crippen molar-refractivity contribution in [2.24, 2.45) is 4.99 Å². The van der Waals surface area contributed by atoms with E-state index in [4.69, 9.17) is 4.74 Å². The molecule has 1 aliphatic rings. The van der Waals surface area contributed by atoms with Crippen molar-refractivity contribution < 1.29 is 9.53 Å². The largest absolute Gasteiger partial charge is 0.444 e. The number of carbonyl (C=O) groups excluding carboxylic acids is 1. The number of carbonyl (C=O) groups is 1. The van der Waals surface area contributed by atoms with Crippen LogP contribution in [0, 0.1) is 0 Å². The Morgan fingerprint density at radius 1 is 1.30 bits per heavy atom. The summed E-state index contributed by atoms with van der Waals surface area (Å²) in [5, 5.41) is 2.52. The van der Waals surface area contributed by atoms with Crippen molar-refractivity contribution in [3.05, 3.63) is 53.9 Å². The maximum Gasteiger partial charge on any atom is 0.414 e. The molecule has 6 heteroatoms. The Hall–Kier alpha value is -2.76. The number of nitrogens with zero attached hydrogens (tertiary/aromatic N) is 3. The molecule has 0 atom stereocenters. The van der Waals surface area contributed by atoms with Crippen LogP contribution in [0.1, 0.15) is 30.5 Å². The summed E-state index contributed by atoms with van der Waals surface area (Å²) in [5.74, 6) is 0.209. The van der Waals surface area contributed by atoms with Gasteiger partial charge in [-0.2, -0.15) is 0 Å². The van der Waals surface area contributed by atoms with Gasteiger partial charge in [-0.1, -0.05) is 30.3 Å². The molecule has 0 radical (unpaired) electrons. The van der Waals surface area contributed by atoms with Gasteiger partial charge in [-0.05, 0) is 30.9 Å². The first-order valence-electron chi connectivity index (χ1n) is 7.63. The molecule has 3 rings (SSSR count). The molecule has 2 aromatic rings. The van der Waals surface area contributed by atoms with Gasteiger partial charge in [0.1, 0.15) is 6.61 Å². The molecule has 1 fully saturated rings. The zero-order valence-corrected chi connectivity index (χ0v) is 12.7. The molecule has 0 unspecified atom stereocenters. The average molecular weight is 310 g/mol. The predicted octanol–water partition coefficient (Wildman–Crippen LogP) is 3.20. The van der Waals surface area contributed by atoms with E-state index in [9.17, 15) is 4.79 Å². The van der Waals surface area contributed by atoms with Gasteiger partial charge >= 0.3 is 6.09 Å². The van der Waals surface area contributed by atoms with E-state index >= 15 is 0 Å². The summed E-state index contributed by atoms with van der Waals surface area (Å²) in [7, 11) is 0. The van der Waals surface area contributed by atoms with Crippen LogP contribution < -0.4 is 5.32 Å². The first-order valence-corrected chi connectivity index (χ1v) is 7.63. The fourth-order valence-corrected chi connectivity index (χ4v) is 2.07. The number of aliphatic imine (C=N–C) groups is 1. The molecule has 1 aliphatic carbocycles. The lowest BCUT2D eigenvalue weighted by Crippen LogP contribution is -2.16. The Labute approximate surface area is 134 Å². The number of rotatable bonds is 5. The highest BCUT2D eigenvalue weighted by Crippen LogP contribution is 2.21. The molecular formula is C17H18N4O2. The van der Waals surface area contributed by atoms with Crippen LogP contribution in [-0.2, 0) is 11.3 Å². The monoisotopic (exact) mass is 310 g/mol. The van der Waals surface area contributed by atoms with Crippen LogP contribution in [0.25, 0.3) is 0 Å². The molecule has 1 saturated carbocycles. The van der Waals surface area contributed by atoms with Crippen LogP contribution in [0.2, 0.25) is 0 Å². The zero-order valence-electron chi connectivity index (χ0n) is 12.7. The molecule has 0 bridgehead atoms. The maximum atomic E-state index is 11.8. The summed E-state index contributed by atoms with van der Waals surface area (Å²) in [6, 6.07) is 11.6. The third-order valence-electron chi connectivity index (χ3n) is 3.60. The highest BCUT2D eigenvalue weighted by Gasteiger charge is 2.14. The van der Waals surface area contributed by atoms with Gasteiger partial charge in [0.15, 0.2) is 0 Å². The molecule has 118 valence electrons. The topological polar surface area (TPSA) is 76.5 Å². The standard InChI is InChI=1S/C17H18N4O2/c22-17(23-12-13-5-2-1-3-6-13)21-16-18-10-9-15(20-16)11-19-14-7-4-8-14/h1-3,5-6,9-11,14H,4,7-8,12H2,(H,18,20,21,22). The lowest BCUT2D eigenvalue weighted by atomic mass is 9.94. The van der Waals surface area contributed by atoms with Crippen LogP contribution in [0.4, 0.5) is 10.7 Å². The van der Waals surface area contributed by atoms with E-state index in [0.29, 0.717) is 11.7 Å². The molecule has 0 aliphatic heterocycles. The first-order chi connectivity index (χ1) is 11.3. The number of aromatic nitrogens is 2. The Bertz CT molecular complexity index is 684. The second-order valence-electron chi connectivity index (χ2n) is 5.35. The Morgan fingerprint density at radius 3 is 2.87 bits per heavy atom.